The number of tetrazole rings is 1. The molecule has 1 amide bonds. The molecule has 1 aliphatic rings. The smallest absolute Gasteiger partial charge is 0.234 e. The highest BCUT2D eigenvalue weighted by molar-refractivity contribution is 7.99. The summed E-state index contributed by atoms with van der Waals surface area (Å²) in [5.41, 5.74) is 2.13. The third kappa shape index (κ3) is 3.20. The van der Waals surface area contributed by atoms with Crippen LogP contribution in [0, 0.1) is 0 Å². The Balaban J connectivity index is 1.96. The minimum absolute atomic E-state index is 0.0969. The van der Waals surface area contributed by atoms with Gasteiger partial charge in [0.2, 0.25) is 11.1 Å². The molecule has 3 N–H and O–H groups in total. The highest BCUT2D eigenvalue weighted by Crippen LogP contribution is 2.32. The molecule has 8 heteroatoms. The maximum absolute atomic E-state index is 11.2. The molecule has 1 saturated carbocycles. The zero-order chi connectivity index (χ0) is 13.0. The quantitative estimate of drug-likeness (QED) is 0.353. The Morgan fingerprint density at radius 2 is 2.33 bits per heavy atom. The minimum atomic E-state index is -0.171. The van der Waals surface area contributed by atoms with Gasteiger partial charge in [-0.25, -0.2) is 10.5 Å². The molecule has 1 unspecified atom stereocenters. The van der Waals surface area contributed by atoms with Gasteiger partial charge in [0.15, 0.2) is 0 Å². The second-order valence-corrected chi connectivity index (χ2v) is 5.95. The van der Waals surface area contributed by atoms with E-state index in [4.69, 9.17) is 5.84 Å². The second-order valence-electron chi connectivity index (χ2n) is 4.54. The van der Waals surface area contributed by atoms with Crippen LogP contribution in [0.25, 0.3) is 0 Å². The van der Waals surface area contributed by atoms with Gasteiger partial charge in [-0.05, 0) is 23.3 Å². The Bertz CT molecular complexity index is 403. The molecule has 1 aliphatic carbocycles. The van der Waals surface area contributed by atoms with Crippen molar-refractivity contribution in [1.82, 2.24) is 25.6 Å². The zero-order valence-corrected chi connectivity index (χ0v) is 11.2. The monoisotopic (exact) mass is 270 g/mol. The van der Waals surface area contributed by atoms with E-state index in [2.05, 4.69) is 21.0 Å². The first kappa shape index (κ1) is 13.3. The molecule has 1 aromatic rings. The number of carbonyl (C=O) groups is 1. The van der Waals surface area contributed by atoms with Crippen molar-refractivity contribution in [3.63, 3.8) is 0 Å². The number of aromatic nitrogens is 4. The second kappa shape index (κ2) is 6.14. The topological polar surface area (TPSA) is 98.7 Å². The van der Waals surface area contributed by atoms with E-state index in [1.54, 1.807) is 0 Å². The fourth-order valence-electron chi connectivity index (χ4n) is 2.18. The van der Waals surface area contributed by atoms with Gasteiger partial charge in [-0.1, -0.05) is 31.5 Å². The first-order chi connectivity index (χ1) is 8.70. The third-order valence-corrected chi connectivity index (χ3v) is 4.12. The number of rotatable bonds is 5. The highest BCUT2D eigenvalue weighted by atomic mass is 32.2. The normalized spacial score (nSPS) is 17.9. The number of thioether (sulfide) groups is 1. The number of nitrogens with one attached hydrogen (secondary N) is 1. The lowest BCUT2D eigenvalue weighted by molar-refractivity contribution is -0.121. The molecule has 1 fully saturated rings. The maximum Gasteiger partial charge on any atom is 0.234 e. The van der Waals surface area contributed by atoms with Gasteiger partial charge in [-0.15, -0.1) is 5.10 Å². The molecule has 1 heterocycles. The van der Waals surface area contributed by atoms with Crippen molar-refractivity contribution in [1.29, 1.82) is 0 Å². The number of hydrogen-bond donors (Lipinski definition) is 2. The van der Waals surface area contributed by atoms with E-state index < -0.39 is 0 Å². The van der Waals surface area contributed by atoms with Crippen LogP contribution in [0.4, 0.5) is 0 Å². The van der Waals surface area contributed by atoms with E-state index in [0.717, 1.165) is 18.0 Å². The van der Waals surface area contributed by atoms with Crippen LogP contribution in [0.3, 0.4) is 0 Å². The lowest BCUT2D eigenvalue weighted by atomic mass is 10.3. The number of amides is 1. The van der Waals surface area contributed by atoms with Crippen molar-refractivity contribution >= 4 is 17.7 Å². The number of carbonyl (C=O) groups excluding carboxylic acids is 1. The van der Waals surface area contributed by atoms with E-state index >= 15 is 0 Å². The highest BCUT2D eigenvalue weighted by Gasteiger charge is 2.23. The van der Waals surface area contributed by atoms with Crippen LogP contribution in [0.1, 0.15) is 45.1 Å². The average molecular weight is 270 g/mol. The van der Waals surface area contributed by atoms with Crippen molar-refractivity contribution in [2.45, 2.75) is 55.5 Å². The van der Waals surface area contributed by atoms with Crippen molar-refractivity contribution in [3.05, 3.63) is 0 Å². The summed E-state index contributed by atoms with van der Waals surface area (Å²) in [6, 6.07) is 0.415. The Kier molecular flexibility index (Phi) is 4.54. The molecule has 0 aromatic carbocycles. The summed E-state index contributed by atoms with van der Waals surface area (Å²) in [5.74, 6) is 4.90. The molecular weight excluding hydrogens is 252 g/mol. The first-order valence-electron chi connectivity index (χ1n) is 6.14. The lowest BCUT2D eigenvalue weighted by Crippen LogP contribution is -2.31. The molecule has 0 saturated heterocycles. The van der Waals surface area contributed by atoms with Gasteiger partial charge in [0.05, 0.1) is 6.04 Å². The Labute approximate surface area is 110 Å². The summed E-state index contributed by atoms with van der Waals surface area (Å²) < 4.78 is 1.90. The maximum atomic E-state index is 11.2. The minimum Gasteiger partial charge on any atom is -0.294 e. The van der Waals surface area contributed by atoms with Crippen molar-refractivity contribution in [2.24, 2.45) is 5.84 Å². The van der Waals surface area contributed by atoms with Crippen LogP contribution in [-0.4, -0.2) is 31.4 Å². The fraction of sp³-hybridized carbons (Fsp3) is 0.800. The van der Waals surface area contributed by atoms with Gasteiger partial charge in [0.25, 0.3) is 0 Å². The summed E-state index contributed by atoms with van der Waals surface area (Å²) in [5, 5.41) is 12.7. The van der Waals surface area contributed by atoms with Gasteiger partial charge in [-0.2, -0.15) is 0 Å². The number of hydrogen-bond acceptors (Lipinski definition) is 6. The van der Waals surface area contributed by atoms with E-state index in [0.29, 0.717) is 12.5 Å². The molecular formula is C10H18N6OS. The fourth-order valence-corrected chi connectivity index (χ4v) is 3.15. The third-order valence-electron chi connectivity index (χ3n) is 3.07. The van der Waals surface area contributed by atoms with Gasteiger partial charge in [-0.3, -0.25) is 10.2 Å². The largest absolute Gasteiger partial charge is 0.294 e. The first-order valence-corrected chi connectivity index (χ1v) is 7.02. The molecule has 2 rings (SSSR count). The van der Waals surface area contributed by atoms with Crippen molar-refractivity contribution < 1.29 is 4.79 Å². The summed E-state index contributed by atoms with van der Waals surface area (Å²) in [6.07, 6.45) is 5.10. The van der Waals surface area contributed by atoms with Crippen molar-refractivity contribution in [2.75, 3.05) is 0 Å². The SMILES string of the molecule is CC(CC(=O)NN)Sc1nnnn1C1CCCC1. The summed E-state index contributed by atoms with van der Waals surface area (Å²) in [4.78, 5) is 11.2. The van der Waals surface area contributed by atoms with E-state index in [9.17, 15) is 4.79 Å². The summed E-state index contributed by atoms with van der Waals surface area (Å²) in [6.45, 7) is 1.97. The average Bonchev–Trinajstić information content (AvgIpc) is 2.98. The molecule has 18 heavy (non-hydrogen) atoms. The van der Waals surface area contributed by atoms with Gasteiger partial charge >= 0.3 is 0 Å². The van der Waals surface area contributed by atoms with Crippen LogP contribution in [0.2, 0.25) is 0 Å². The van der Waals surface area contributed by atoms with E-state index in [1.165, 1.54) is 24.6 Å². The number of nitrogens with zero attached hydrogens (tertiary/aromatic N) is 4. The Morgan fingerprint density at radius 3 is 3.00 bits per heavy atom. The predicted molar refractivity (Wildman–Crippen MR) is 67.6 cm³/mol. The van der Waals surface area contributed by atoms with Crippen LogP contribution in [0.5, 0.6) is 0 Å². The molecule has 7 nitrogen and oxygen atoms in total. The summed E-state index contributed by atoms with van der Waals surface area (Å²) >= 11 is 1.52. The van der Waals surface area contributed by atoms with Crippen LogP contribution in [0.15, 0.2) is 5.16 Å². The Hall–Kier alpha value is -1.15. The van der Waals surface area contributed by atoms with Crippen LogP contribution < -0.4 is 11.3 Å². The molecule has 0 spiro atoms. The van der Waals surface area contributed by atoms with Gasteiger partial charge < -0.3 is 0 Å². The van der Waals surface area contributed by atoms with Crippen molar-refractivity contribution in [3.8, 4) is 0 Å². The Morgan fingerprint density at radius 1 is 1.61 bits per heavy atom. The molecule has 0 aliphatic heterocycles. The number of hydrazine groups is 1. The molecule has 1 atom stereocenters. The standard InChI is InChI=1S/C10H18N6OS/c1-7(6-9(17)12-11)18-10-13-14-15-16(10)8-4-2-3-5-8/h7-8H,2-6,11H2,1H3,(H,12,17). The molecule has 0 radical (unpaired) electrons. The van der Waals surface area contributed by atoms with Gasteiger partial charge in [0.1, 0.15) is 0 Å². The molecule has 100 valence electrons. The number of nitrogens with two attached hydrogens (primary N) is 1. The zero-order valence-electron chi connectivity index (χ0n) is 10.4. The lowest BCUT2D eigenvalue weighted by Gasteiger charge is -2.13. The van der Waals surface area contributed by atoms with Crippen LogP contribution in [-0.2, 0) is 4.79 Å². The summed E-state index contributed by atoms with van der Waals surface area (Å²) in [7, 11) is 0. The predicted octanol–water partition coefficient (Wildman–Crippen LogP) is 0.649. The molecule has 0 bridgehead atoms. The molecule has 1 aromatic heterocycles. The van der Waals surface area contributed by atoms with Gasteiger partial charge in [0, 0.05) is 11.7 Å². The van der Waals surface area contributed by atoms with E-state index in [1.807, 2.05) is 11.6 Å². The van der Waals surface area contributed by atoms with Crippen LogP contribution >= 0.6 is 11.8 Å². The van der Waals surface area contributed by atoms with E-state index in [-0.39, 0.29) is 11.2 Å².